The molecule has 3 amide bonds. The van der Waals surface area contributed by atoms with Crippen LogP contribution >= 0.6 is 0 Å². The lowest BCUT2D eigenvalue weighted by atomic mass is 10.0. The first-order chi connectivity index (χ1) is 17.5. The number of nitrogens with zero attached hydrogens (tertiary/aromatic N) is 1. The Morgan fingerprint density at radius 1 is 0.944 bits per heavy atom. The number of amides is 3. The molecule has 3 aromatic carbocycles. The van der Waals surface area contributed by atoms with Crippen molar-refractivity contribution in [3.63, 3.8) is 0 Å². The van der Waals surface area contributed by atoms with E-state index in [4.69, 9.17) is 4.74 Å². The second kappa shape index (κ2) is 9.50. The van der Waals surface area contributed by atoms with Gasteiger partial charge < -0.3 is 15.0 Å². The van der Waals surface area contributed by atoms with Gasteiger partial charge in [-0.25, -0.2) is 4.79 Å². The molecule has 1 unspecified atom stereocenters. The van der Waals surface area contributed by atoms with E-state index in [1.54, 1.807) is 48.5 Å². The number of hydrogen-bond acceptors (Lipinski definition) is 5. The van der Waals surface area contributed by atoms with Crippen molar-refractivity contribution in [3.05, 3.63) is 107 Å². The number of methoxy groups -OCH3 is 1. The predicted molar refractivity (Wildman–Crippen MR) is 132 cm³/mol. The lowest BCUT2D eigenvalue weighted by Gasteiger charge is -2.17. The van der Waals surface area contributed by atoms with E-state index in [0.29, 0.717) is 22.3 Å². The molecule has 8 heteroatoms. The van der Waals surface area contributed by atoms with E-state index >= 15 is 0 Å². The average Bonchev–Trinajstić information content (AvgIpc) is 3.42. The maximum Gasteiger partial charge on any atom is 0.328 e. The Morgan fingerprint density at radius 2 is 1.64 bits per heavy atom. The van der Waals surface area contributed by atoms with Crippen molar-refractivity contribution in [2.24, 2.45) is 0 Å². The minimum Gasteiger partial charge on any atom is -0.467 e. The van der Waals surface area contributed by atoms with Gasteiger partial charge in [-0.15, -0.1) is 0 Å². The molecular formula is C28H23N3O5. The predicted octanol–water partition coefficient (Wildman–Crippen LogP) is 3.48. The van der Waals surface area contributed by atoms with Gasteiger partial charge in [0.25, 0.3) is 17.7 Å². The van der Waals surface area contributed by atoms with E-state index in [1.165, 1.54) is 7.11 Å². The van der Waals surface area contributed by atoms with Crippen LogP contribution in [0.15, 0.2) is 79.0 Å². The first-order valence-corrected chi connectivity index (χ1v) is 11.4. The van der Waals surface area contributed by atoms with Gasteiger partial charge in [0.15, 0.2) is 0 Å². The van der Waals surface area contributed by atoms with Crippen molar-refractivity contribution in [2.45, 2.75) is 19.0 Å². The molecule has 4 aromatic rings. The Labute approximate surface area is 206 Å². The SMILES string of the molecule is COC(=O)C(Cc1c[nH]c2ccccc12)NC(=O)c1cccc(CN2C(=O)c3ccccc3C2=O)c1. The molecule has 0 saturated carbocycles. The summed E-state index contributed by atoms with van der Waals surface area (Å²) in [6, 6.07) is 20.1. The number of nitrogens with one attached hydrogen (secondary N) is 2. The third-order valence-corrected chi connectivity index (χ3v) is 6.30. The lowest BCUT2D eigenvalue weighted by molar-refractivity contribution is -0.142. The van der Waals surface area contributed by atoms with Crippen LogP contribution < -0.4 is 5.32 Å². The van der Waals surface area contributed by atoms with Crippen molar-refractivity contribution in [1.29, 1.82) is 0 Å². The maximum atomic E-state index is 13.1. The fraction of sp³-hybridized carbons (Fsp3) is 0.143. The van der Waals surface area contributed by atoms with Gasteiger partial charge in [0.05, 0.1) is 24.8 Å². The number of aromatic nitrogens is 1. The number of esters is 1. The topological polar surface area (TPSA) is 109 Å². The van der Waals surface area contributed by atoms with Gasteiger partial charge in [0.1, 0.15) is 6.04 Å². The van der Waals surface area contributed by atoms with E-state index in [1.807, 2.05) is 30.5 Å². The molecule has 5 rings (SSSR count). The summed E-state index contributed by atoms with van der Waals surface area (Å²) in [7, 11) is 1.28. The highest BCUT2D eigenvalue weighted by atomic mass is 16.5. The third-order valence-electron chi connectivity index (χ3n) is 6.30. The first kappa shape index (κ1) is 23.0. The highest BCUT2D eigenvalue weighted by Gasteiger charge is 2.35. The van der Waals surface area contributed by atoms with E-state index in [2.05, 4.69) is 10.3 Å². The summed E-state index contributed by atoms with van der Waals surface area (Å²) in [5.74, 6) is -1.75. The van der Waals surface area contributed by atoms with Gasteiger partial charge in [0.2, 0.25) is 0 Å². The Morgan fingerprint density at radius 3 is 2.36 bits per heavy atom. The van der Waals surface area contributed by atoms with Crippen molar-refractivity contribution in [1.82, 2.24) is 15.2 Å². The standard InChI is InChI=1S/C28H23N3O5/c1-36-28(35)24(14-19-15-29-23-12-5-4-9-20(19)23)30-25(32)18-8-6-7-17(13-18)16-31-26(33)21-10-2-3-11-22(21)27(31)34/h2-13,15,24,29H,14,16H2,1H3,(H,30,32). The largest absolute Gasteiger partial charge is 0.467 e. The molecule has 0 aliphatic carbocycles. The number of imide groups is 1. The second-order valence-corrected chi connectivity index (χ2v) is 8.56. The van der Waals surface area contributed by atoms with Gasteiger partial charge in [-0.3, -0.25) is 19.3 Å². The molecule has 180 valence electrons. The summed E-state index contributed by atoms with van der Waals surface area (Å²) in [6.07, 6.45) is 2.06. The van der Waals surface area contributed by atoms with E-state index in [9.17, 15) is 19.2 Å². The van der Waals surface area contributed by atoms with Crippen LogP contribution in [-0.4, -0.2) is 46.7 Å². The summed E-state index contributed by atoms with van der Waals surface area (Å²) < 4.78 is 4.93. The smallest absolute Gasteiger partial charge is 0.328 e. The zero-order chi connectivity index (χ0) is 25.2. The van der Waals surface area contributed by atoms with Crippen molar-refractivity contribution in [2.75, 3.05) is 7.11 Å². The van der Waals surface area contributed by atoms with E-state index in [-0.39, 0.29) is 24.8 Å². The normalized spacial score (nSPS) is 13.5. The molecule has 1 aromatic heterocycles. The van der Waals surface area contributed by atoms with Crippen LogP contribution in [0.5, 0.6) is 0 Å². The summed E-state index contributed by atoms with van der Waals surface area (Å²) >= 11 is 0. The molecule has 0 fully saturated rings. The van der Waals surface area contributed by atoms with Gasteiger partial charge >= 0.3 is 5.97 Å². The molecule has 8 nitrogen and oxygen atoms in total. The molecule has 0 radical (unpaired) electrons. The fourth-order valence-corrected chi connectivity index (χ4v) is 4.47. The number of ether oxygens (including phenoxy) is 1. The van der Waals surface area contributed by atoms with Crippen LogP contribution in [0.1, 0.15) is 42.2 Å². The van der Waals surface area contributed by atoms with E-state index < -0.39 is 17.9 Å². The summed E-state index contributed by atoms with van der Waals surface area (Å²) in [5, 5.41) is 3.73. The maximum absolute atomic E-state index is 13.1. The summed E-state index contributed by atoms with van der Waals surface area (Å²) in [4.78, 5) is 55.3. The number of para-hydroxylation sites is 1. The number of benzene rings is 3. The Balaban J connectivity index is 1.33. The number of hydrogen-bond donors (Lipinski definition) is 2. The number of carbonyl (C=O) groups excluding carboxylic acids is 4. The zero-order valence-electron chi connectivity index (χ0n) is 19.5. The molecule has 0 saturated heterocycles. The quantitative estimate of drug-likeness (QED) is 0.310. The number of fused-ring (bicyclic) bond motifs is 2. The van der Waals surface area contributed by atoms with Crippen LogP contribution in [0, 0.1) is 0 Å². The molecule has 0 spiro atoms. The lowest BCUT2D eigenvalue weighted by Crippen LogP contribution is -2.43. The first-order valence-electron chi connectivity index (χ1n) is 11.4. The number of H-pyrrole nitrogens is 1. The minimum absolute atomic E-state index is 0.0310. The summed E-state index contributed by atoms with van der Waals surface area (Å²) in [6.45, 7) is 0.0310. The average molecular weight is 482 g/mol. The Kier molecular flexibility index (Phi) is 6.08. The molecule has 2 N–H and O–H groups in total. The van der Waals surface area contributed by atoms with Gasteiger partial charge in [-0.05, 0) is 41.5 Å². The Hall–Kier alpha value is -4.72. The Bertz CT molecular complexity index is 1470. The number of aromatic amines is 1. The molecular weight excluding hydrogens is 458 g/mol. The van der Waals surface area contributed by atoms with Crippen molar-refractivity contribution < 1.29 is 23.9 Å². The molecule has 1 atom stereocenters. The number of carbonyl (C=O) groups is 4. The van der Waals surface area contributed by atoms with Gasteiger partial charge in [-0.2, -0.15) is 0 Å². The monoisotopic (exact) mass is 481 g/mol. The van der Waals surface area contributed by atoms with Crippen LogP contribution in [0.4, 0.5) is 0 Å². The van der Waals surface area contributed by atoms with Crippen molar-refractivity contribution in [3.8, 4) is 0 Å². The van der Waals surface area contributed by atoms with E-state index in [0.717, 1.165) is 21.4 Å². The molecule has 1 aliphatic heterocycles. The second-order valence-electron chi connectivity index (χ2n) is 8.56. The summed E-state index contributed by atoms with van der Waals surface area (Å²) in [5.41, 5.74) is 3.47. The van der Waals surface area contributed by atoms with Crippen LogP contribution in [0.3, 0.4) is 0 Å². The molecule has 36 heavy (non-hydrogen) atoms. The molecule has 0 bridgehead atoms. The molecule has 2 heterocycles. The highest BCUT2D eigenvalue weighted by Crippen LogP contribution is 2.24. The van der Waals surface area contributed by atoms with Gasteiger partial charge in [-0.1, -0.05) is 42.5 Å². The minimum atomic E-state index is -0.901. The molecule has 1 aliphatic rings. The van der Waals surface area contributed by atoms with Crippen LogP contribution in [-0.2, 0) is 22.5 Å². The third kappa shape index (κ3) is 4.24. The number of rotatable bonds is 7. The van der Waals surface area contributed by atoms with Crippen LogP contribution in [0.2, 0.25) is 0 Å². The zero-order valence-corrected chi connectivity index (χ0v) is 19.5. The van der Waals surface area contributed by atoms with Crippen LogP contribution in [0.25, 0.3) is 10.9 Å². The van der Waals surface area contributed by atoms with Gasteiger partial charge in [0, 0.05) is 29.1 Å². The van der Waals surface area contributed by atoms with Crippen molar-refractivity contribution >= 4 is 34.6 Å². The highest BCUT2D eigenvalue weighted by molar-refractivity contribution is 6.21. The fourth-order valence-electron chi connectivity index (χ4n) is 4.47.